The van der Waals surface area contributed by atoms with Crippen molar-refractivity contribution in [3.8, 4) is 0 Å². The number of hydrogen-bond acceptors (Lipinski definition) is 4. The van der Waals surface area contributed by atoms with Gasteiger partial charge in [0.05, 0.1) is 19.3 Å². The van der Waals surface area contributed by atoms with Crippen LogP contribution < -0.4 is 0 Å². The molecule has 86 valence electrons. The van der Waals surface area contributed by atoms with Crippen molar-refractivity contribution in [1.82, 2.24) is 4.90 Å². The predicted molar refractivity (Wildman–Crippen MR) is 55.6 cm³/mol. The average molecular weight is 213 g/mol. The summed E-state index contributed by atoms with van der Waals surface area (Å²) in [5.41, 5.74) is 0. The van der Waals surface area contributed by atoms with E-state index in [9.17, 15) is 4.79 Å². The van der Waals surface area contributed by atoms with Crippen molar-refractivity contribution < 1.29 is 14.3 Å². The molecular formula is C11H19NO3. The maximum atomic E-state index is 11.4. The first kappa shape index (κ1) is 10.9. The van der Waals surface area contributed by atoms with Crippen LogP contribution in [0.15, 0.2) is 0 Å². The zero-order chi connectivity index (χ0) is 10.8. The van der Waals surface area contributed by atoms with E-state index >= 15 is 0 Å². The highest BCUT2D eigenvalue weighted by molar-refractivity contribution is 5.76. The zero-order valence-electron chi connectivity index (χ0n) is 9.44. The van der Waals surface area contributed by atoms with Gasteiger partial charge in [-0.25, -0.2) is 0 Å². The molecule has 2 rings (SSSR count). The van der Waals surface area contributed by atoms with Gasteiger partial charge >= 0.3 is 5.97 Å². The van der Waals surface area contributed by atoms with Crippen LogP contribution in [-0.4, -0.2) is 49.8 Å². The fourth-order valence-corrected chi connectivity index (χ4v) is 2.24. The lowest BCUT2D eigenvalue weighted by Gasteiger charge is -2.28. The van der Waals surface area contributed by atoms with Gasteiger partial charge in [-0.3, -0.25) is 9.69 Å². The van der Waals surface area contributed by atoms with Gasteiger partial charge in [0, 0.05) is 13.0 Å². The zero-order valence-corrected chi connectivity index (χ0v) is 9.44. The maximum Gasteiger partial charge on any atom is 0.323 e. The molecule has 0 spiro atoms. The van der Waals surface area contributed by atoms with Gasteiger partial charge in [0.15, 0.2) is 0 Å². The van der Waals surface area contributed by atoms with Crippen molar-refractivity contribution in [3.05, 3.63) is 0 Å². The minimum atomic E-state index is -0.141. The fraction of sp³-hybridized carbons (Fsp3) is 0.909. The van der Waals surface area contributed by atoms with Crippen LogP contribution in [0.25, 0.3) is 0 Å². The van der Waals surface area contributed by atoms with E-state index in [1.165, 1.54) is 26.4 Å². The lowest BCUT2D eigenvalue weighted by Crippen LogP contribution is -2.33. The number of hydrogen-bond donors (Lipinski definition) is 0. The molecule has 0 N–H and O–H groups in total. The molecule has 1 aliphatic carbocycles. The summed E-state index contributed by atoms with van der Waals surface area (Å²) in [4.78, 5) is 13.4. The first-order chi connectivity index (χ1) is 7.20. The molecule has 0 aromatic rings. The van der Waals surface area contributed by atoms with Crippen LogP contribution in [0.2, 0.25) is 0 Å². The third-order valence-corrected chi connectivity index (χ3v) is 3.42. The number of ether oxygens (including phenoxy) is 2. The molecule has 0 bridgehead atoms. The van der Waals surface area contributed by atoms with Gasteiger partial charge in [-0.2, -0.15) is 0 Å². The van der Waals surface area contributed by atoms with E-state index in [0.29, 0.717) is 6.10 Å². The van der Waals surface area contributed by atoms with Crippen molar-refractivity contribution in [2.75, 3.05) is 20.7 Å². The number of likely N-dealkylation sites (tertiary alicyclic amines) is 1. The Morgan fingerprint density at radius 3 is 2.60 bits per heavy atom. The lowest BCUT2D eigenvalue weighted by atomic mass is 9.96. The van der Waals surface area contributed by atoms with E-state index < -0.39 is 0 Å². The van der Waals surface area contributed by atoms with Crippen molar-refractivity contribution in [2.45, 2.75) is 43.9 Å². The summed E-state index contributed by atoms with van der Waals surface area (Å²) in [6, 6.07) is -0.111. The van der Waals surface area contributed by atoms with Crippen LogP contribution in [0, 0.1) is 0 Å². The van der Waals surface area contributed by atoms with Crippen molar-refractivity contribution in [3.63, 3.8) is 0 Å². The molecule has 4 heteroatoms. The normalized spacial score (nSPS) is 32.7. The molecule has 0 amide bonds. The predicted octanol–water partition coefficient (Wildman–Crippen LogP) is 0.801. The van der Waals surface area contributed by atoms with Crippen LogP contribution in [0.4, 0.5) is 0 Å². The Labute approximate surface area is 90.5 Å². The fourth-order valence-electron chi connectivity index (χ4n) is 2.24. The molecule has 1 saturated carbocycles. The minimum absolute atomic E-state index is 0.111. The quantitative estimate of drug-likeness (QED) is 0.650. The van der Waals surface area contributed by atoms with Crippen LogP contribution >= 0.6 is 0 Å². The van der Waals surface area contributed by atoms with E-state index in [4.69, 9.17) is 9.47 Å². The minimum Gasteiger partial charge on any atom is -0.468 e. The van der Waals surface area contributed by atoms with Gasteiger partial charge in [0.1, 0.15) is 6.04 Å². The molecule has 1 aliphatic heterocycles. The Morgan fingerprint density at radius 2 is 2.07 bits per heavy atom. The Kier molecular flexibility index (Phi) is 3.26. The first-order valence-corrected chi connectivity index (χ1v) is 5.64. The molecule has 0 aromatic carbocycles. The van der Waals surface area contributed by atoms with Gasteiger partial charge in [0.25, 0.3) is 0 Å². The van der Waals surface area contributed by atoms with Crippen molar-refractivity contribution in [1.29, 1.82) is 0 Å². The number of likely N-dealkylation sites (N-methyl/N-ethyl adjacent to an activating group) is 1. The molecule has 15 heavy (non-hydrogen) atoms. The highest BCUT2D eigenvalue weighted by Gasteiger charge is 2.37. The molecule has 0 unspecified atom stereocenters. The summed E-state index contributed by atoms with van der Waals surface area (Å²) in [5.74, 6) is -0.141. The number of carbonyl (C=O) groups is 1. The molecule has 4 nitrogen and oxygen atoms in total. The van der Waals surface area contributed by atoms with E-state index in [1.54, 1.807) is 0 Å². The summed E-state index contributed by atoms with van der Waals surface area (Å²) in [5, 5.41) is 0. The Bertz CT molecular complexity index is 240. The van der Waals surface area contributed by atoms with Crippen molar-refractivity contribution in [2.24, 2.45) is 0 Å². The Morgan fingerprint density at radius 1 is 1.33 bits per heavy atom. The monoisotopic (exact) mass is 213 g/mol. The number of carbonyl (C=O) groups excluding carboxylic acids is 1. The molecule has 0 radical (unpaired) electrons. The van der Waals surface area contributed by atoms with Gasteiger partial charge in [0.2, 0.25) is 0 Å². The third-order valence-electron chi connectivity index (χ3n) is 3.42. The number of esters is 1. The van der Waals surface area contributed by atoms with E-state index in [0.717, 1.165) is 13.0 Å². The maximum absolute atomic E-state index is 11.4. The standard InChI is InChI=1S/C11H19NO3/c1-12-7-9(15-8-4-3-5-8)6-10(12)11(13)14-2/h8-10H,3-7H2,1-2H3/t9-,10-/m0/s1. The average Bonchev–Trinajstić information content (AvgIpc) is 2.52. The second kappa shape index (κ2) is 4.49. The van der Waals surface area contributed by atoms with Gasteiger partial charge in [-0.1, -0.05) is 0 Å². The lowest BCUT2D eigenvalue weighted by molar-refractivity contribution is -0.145. The summed E-state index contributed by atoms with van der Waals surface area (Å²) in [7, 11) is 3.39. The first-order valence-electron chi connectivity index (χ1n) is 5.64. The molecule has 0 aromatic heterocycles. The highest BCUT2D eigenvalue weighted by atomic mass is 16.5. The molecule has 2 fully saturated rings. The molecule has 1 heterocycles. The molecular weight excluding hydrogens is 194 g/mol. The second-order valence-electron chi connectivity index (χ2n) is 4.53. The summed E-state index contributed by atoms with van der Waals surface area (Å²) in [6.07, 6.45) is 5.09. The highest BCUT2D eigenvalue weighted by Crippen LogP contribution is 2.28. The molecule has 2 atom stereocenters. The largest absolute Gasteiger partial charge is 0.468 e. The van der Waals surface area contributed by atoms with Gasteiger partial charge in [-0.15, -0.1) is 0 Å². The summed E-state index contributed by atoms with van der Waals surface area (Å²) >= 11 is 0. The summed E-state index contributed by atoms with van der Waals surface area (Å²) in [6.45, 7) is 0.844. The van der Waals surface area contributed by atoms with E-state index in [-0.39, 0.29) is 18.1 Å². The number of methoxy groups -OCH3 is 1. The third kappa shape index (κ3) is 2.32. The Hall–Kier alpha value is -0.610. The SMILES string of the molecule is COC(=O)[C@@H]1C[C@H](OC2CCC2)CN1C. The van der Waals surface area contributed by atoms with E-state index in [1.807, 2.05) is 11.9 Å². The number of nitrogens with zero attached hydrogens (tertiary/aromatic N) is 1. The van der Waals surface area contributed by atoms with Gasteiger partial charge < -0.3 is 9.47 Å². The molecule has 2 aliphatic rings. The van der Waals surface area contributed by atoms with Crippen LogP contribution in [0.1, 0.15) is 25.7 Å². The van der Waals surface area contributed by atoms with Crippen LogP contribution in [0.3, 0.4) is 0 Å². The summed E-state index contributed by atoms with van der Waals surface area (Å²) < 4.78 is 10.7. The number of rotatable bonds is 3. The molecule has 1 saturated heterocycles. The second-order valence-corrected chi connectivity index (χ2v) is 4.53. The topological polar surface area (TPSA) is 38.8 Å². The smallest absolute Gasteiger partial charge is 0.323 e. The van der Waals surface area contributed by atoms with Crippen molar-refractivity contribution >= 4 is 5.97 Å². The van der Waals surface area contributed by atoms with Crippen LogP contribution in [-0.2, 0) is 14.3 Å². The van der Waals surface area contributed by atoms with Crippen LogP contribution in [0.5, 0.6) is 0 Å². The van der Waals surface area contributed by atoms with Gasteiger partial charge in [-0.05, 0) is 26.3 Å². The Balaban J connectivity index is 1.82. The van der Waals surface area contributed by atoms with E-state index in [2.05, 4.69) is 0 Å².